The summed E-state index contributed by atoms with van der Waals surface area (Å²) in [6, 6.07) is 5.82. The van der Waals surface area contributed by atoms with E-state index in [1.807, 2.05) is 25.1 Å². The molecule has 0 radical (unpaired) electrons. The Morgan fingerprint density at radius 1 is 1.47 bits per heavy atom. The number of aryl methyl sites for hydroxylation is 1. The molecule has 0 bridgehead atoms. The molecule has 0 aliphatic carbocycles. The molecule has 1 amide bonds. The van der Waals surface area contributed by atoms with E-state index in [-0.39, 0.29) is 12.5 Å². The summed E-state index contributed by atoms with van der Waals surface area (Å²) in [6.45, 7) is 2.21. The molecule has 0 aliphatic rings. The van der Waals surface area contributed by atoms with Gasteiger partial charge in [-0.05, 0) is 18.6 Å². The van der Waals surface area contributed by atoms with E-state index in [2.05, 4.69) is 4.98 Å². The van der Waals surface area contributed by atoms with Crippen molar-refractivity contribution in [3.05, 3.63) is 23.8 Å². The fourth-order valence-corrected chi connectivity index (χ4v) is 1.82. The van der Waals surface area contributed by atoms with Crippen LogP contribution < -0.4 is 5.73 Å². The number of para-hydroxylation sites is 1. The number of amides is 1. The number of hydrogen-bond acceptors (Lipinski definition) is 3. The molecule has 2 rings (SSSR count). The average molecular weight is 232 g/mol. The van der Waals surface area contributed by atoms with E-state index in [1.165, 1.54) is 0 Å². The van der Waals surface area contributed by atoms with Crippen LogP contribution in [0.1, 0.15) is 5.56 Å². The number of rotatable bonds is 2. The summed E-state index contributed by atoms with van der Waals surface area (Å²) < 4.78 is 1.76. The van der Waals surface area contributed by atoms with E-state index in [9.17, 15) is 4.79 Å². The summed E-state index contributed by atoms with van der Waals surface area (Å²) in [5.74, 6) is 0.378. The standard InChI is InChI=1S/C12H16N4O/c1-8-5-4-6-9-11(8)16(12(13)14-9)7-10(17)15(2)3/h4-6H,7H2,1-3H3,(H2,13,14). The molecule has 0 atom stereocenters. The van der Waals surface area contributed by atoms with Gasteiger partial charge in [0, 0.05) is 14.1 Å². The molecule has 2 N–H and O–H groups in total. The maximum Gasteiger partial charge on any atom is 0.242 e. The van der Waals surface area contributed by atoms with Gasteiger partial charge in [0.1, 0.15) is 6.54 Å². The highest BCUT2D eigenvalue weighted by Gasteiger charge is 2.13. The predicted molar refractivity (Wildman–Crippen MR) is 67.6 cm³/mol. The quantitative estimate of drug-likeness (QED) is 0.840. The number of carbonyl (C=O) groups excluding carboxylic acids is 1. The van der Waals surface area contributed by atoms with Crippen LogP contribution in [-0.4, -0.2) is 34.5 Å². The van der Waals surface area contributed by atoms with Crippen LogP contribution in [0, 0.1) is 6.92 Å². The van der Waals surface area contributed by atoms with Crippen LogP contribution in [0.5, 0.6) is 0 Å². The first-order chi connectivity index (χ1) is 8.00. The van der Waals surface area contributed by atoms with Gasteiger partial charge in [0.05, 0.1) is 11.0 Å². The van der Waals surface area contributed by atoms with E-state index in [4.69, 9.17) is 5.73 Å². The first-order valence-electron chi connectivity index (χ1n) is 5.42. The van der Waals surface area contributed by atoms with Crippen LogP contribution >= 0.6 is 0 Å². The van der Waals surface area contributed by atoms with Crippen molar-refractivity contribution >= 4 is 22.9 Å². The minimum Gasteiger partial charge on any atom is -0.369 e. The molecule has 5 heteroatoms. The molecule has 1 aromatic heterocycles. The van der Waals surface area contributed by atoms with Crippen molar-refractivity contribution in [3.8, 4) is 0 Å². The molecule has 1 heterocycles. The zero-order valence-electron chi connectivity index (χ0n) is 10.3. The molecule has 0 saturated heterocycles. The normalized spacial score (nSPS) is 10.8. The van der Waals surface area contributed by atoms with Crippen molar-refractivity contribution in [2.45, 2.75) is 13.5 Å². The third-order valence-corrected chi connectivity index (χ3v) is 2.79. The van der Waals surface area contributed by atoms with Crippen LogP contribution in [0.2, 0.25) is 0 Å². The summed E-state index contributed by atoms with van der Waals surface area (Å²) in [5, 5.41) is 0. The van der Waals surface area contributed by atoms with E-state index in [1.54, 1.807) is 23.6 Å². The summed E-state index contributed by atoms with van der Waals surface area (Å²) in [4.78, 5) is 17.5. The van der Waals surface area contributed by atoms with Crippen molar-refractivity contribution < 1.29 is 4.79 Å². The molecular formula is C12H16N4O. The fraction of sp³-hybridized carbons (Fsp3) is 0.333. The molecule has 17 heavy (non-hydrogen) atoms. The van der Waals surface area contributed by atoms with Gasteiger partial charge < -0.3 is 15.2 Å². The van der Waals surface area contributed by atoms with Crippen LogP contribution in [0.25, 0.3) is 11.0 Å². The highest BCUT2D eigenvalue weighted by Crippen LogP contribution is 2.21. The molecule has 5 nitrogen and oxygen atoms in total. The molecule has 0 aliphatic heterocycles. The van der Waals surface area contributed by atoms with E-state index >= 15 is 0 Å². The Labute approximate surface area is 99.8 Å². The van der Waals surface area contributed by atoms with Crippen molar-refractivity contribution in [2.24, 2.45) is 0 Å². The molecule has 0 fully saturated rings. The van der Waals surface area contributed by atoms with Gasteiger partial charge in [0.15, 0.2) is 0 Å². The molecular weight excluding hydrogens is 216 g/mol. The Morgan fingerprint density at radius 3 is 2.82 bits per heavy atom. The van der Waals surface area contributed by atoms with Gasteiger partial charge in [-0.25, -0.2) is 4.98 Å². The SMILES string of the molecule is Cc1cccc2nc(N)n(CC(=O)N(C)C)c12. The third-order valence-electron chi connectivity index (χ3n) is 2.79. The first-order valence-corrected chi connectivity index (χ1v) is 5.42. The Hall–Kier alpha value is -2.04. The topological polar surface area (TPSA) is 64.1 Å². The van der Waals surface area contributed by atoms with Crippen molar-refractivity contribution in [1.29, 1.82) is 0 Å². The summed E-state index contributed by atoms with van der Waals surface area (Å²) in [7, 11) is 3.45. The Morgan fingerprint density at radius 2 is 2.18 bits per heavy atom. The van der Waals surface area contributed by atoms with Gasteiger partial charge in [-0.15, -0.1) is 0 Å². The minimum absolute atomic E-state index is 0.000692. The van der Waals surface area contributed by atoms with Gasteiger partial charge in [-0.3, -0.25) is 4.79 Å². The maximum atomic E-state index is 11.7. The van der Waals surface area contributed by atoms with Gasteiger partial charge >= 0.3 is 0 Å². The lowest BCUT2D eigenvalue weighted by Crippen LogP contribution is -2.26. The first kappa shape index (κ1) is 11.4. The van der Waals surface area contributed by atoms with Gasteiger partial charge in [0.2, 0.25) is 11.9 Å². The summed E-state index contributed by atoms with van der Waals surface area (Å²) >= 11 is 0. The number of carbonyl (C=O) groups is 1. The number of nitrogens with two attached hydrogens (primary N) is 1. The number of hydrogen-bond donors (Lipinski definition) is 1. The van der Waals surface area contributed by atoms with Crippen molar-refractivity contribution in [2.75, 3.05) is 19.8 Å². The summed E-state index contributed by atoms with van der Waals surface area (Å²) in [5.41, 5.74) is 8.68. The zero-order chi connectivity index (χ0) is 12.6. The lowest BCUT2D eigenvalue weighted by molar-refractivity contribution is -0.129. The highest BCUT2D eigenvalue weighted by molar-refractivity contribution is 5.84. The second-order valence-corrected chi connectivity index (χ2v) is 4.29. The number of benzene rings is 1. The van der Waals surface area contributed by atoms with Crippen molar-refractivity contribution in [1.82, 2.24) is 14.5 Å². The molecule has 0 spiro atoms. The van der Waals surface area contributed by atoms with Gasteiger partial charge in [0.25, 0.3) is 0 Å². The zero-order valence-corrected chi connectivity index (χ0v) is 10.3. The Kier molecular flexibility index (Phi) is 2.75. The number of fused-ring (bicyclic) bond motifs is 1. The van der Waals surface area contributed by atoms with Crippen LogP contribution in [0.15, 0.2) is 18.2 Å². The number of imidazole rings is 1. The average Bonchev–Trinajstić information content (AvgIpc) is 2.56. The third kappa shape index (κ3) is 1.95. The molecule has 0 unspecified atom stereocenters. The number of anilines is 1. The molecule has 90 valence electrons. The van der Waals surface area contributed by atoms with Crippen LogP contribution in [0.4, 0.5) is 5.95 Å². The lowest BCUT2D eigenvalue weighted by Gasteiger charge is -2.12. The van der Waals surface area contributed by atoms with Crippen molar-refractivity contribution in [3.63, 3.8) is 0 Å². The smallest absolute Gasteiger partial charge is 0.242 e. The predicted octanol–water partition coefficient (Wildman–Crippen LogP) is 1.02. The largest absolute Gasteiger partial charge is 0.369 e. The fourth-order valence-electron chi connectivity index (χ4n) is 1.82. The van der Waals surface area contributed by atoms with Gasteiger partial charge in [-0.2, -0.15) is 0 Å². The van der Waals surface area contributed by atoms with Crippen LogP contribution in [0.3, 0.4) is 0 Å². The number of nitrogen functional groups attached to an aromatic ring is 1. The summed E-state index contributed by atoms with van der Waals surface area (Å²) in [6.07, 6.45) is 0. The lowest BCUT2D eigenvalue weighted by atomic mass is 10.2. The van der Waals surface area contributed by atoms with E-state index < -0.39 is 0 Å². The minimum atomic E-state index is -0.000692. The molecule has 2 aromatic rings. The van der Waals surface area contributed by atoms with Gasteiger partial charge in [-0.1, -0.05) is 12.1 Å². The Bertz CT molecular complexity index is 571. The number of likely N-dealkylation sites (N-methyl/N-ethyl adjacent to an activating group) is 1. The van der Waals surface area contributed by atoms with E-state index in [0.717, 1.165) is 16.6 Å². The molecule has 0 saturated carbocycles. The number of nitrogens with zero attached hydrogens (tertiary/aromatic N) is 3. The monoisotopic (exact) mass is 232 g/mol. The Balaban J connectivity index is 2.53. The number of aromatic nitrogens is 2. The highest BCUT2D eigenvalue weighted by atomic mass is 16.2. The molecule has 1 aromatic carbocycles. The maximum absolute atomic E-state index is 11.7. The second-order valence-electron chi connectivity index (χ2n) is 4.29. The van der Waals surface area contributed by atoms with Crippen LogP contribution in [-0.2, 0) is 11.3 Å². The van der Waals surface area contributed by atoms with E-state index in [0.29, 0.717) is 5.95 Å². The second kappa shape index (κ2) is 4.08.